The topological polar surface area (TPSA) is 89.3 Å². The van der Waals surface area contributed by atoms with Crippen LogP contribution in [-0.2, 0) is 4.79 Å². The summed E-state index contributed by atoms with van der Waals surface area (Å²) in [5.41, 5.74) is 9.39. The lowest BCUT2D eigenvalue weighted by Crippen LogP contribution is -2.42. The Hall–Kier alpha value is -0.610. The number of hydrogen-bond acceptors (Lipinski definition) is 3. The SMILES string of the molecule is CCC(C)(O)CC(N)C(N)=O. The van der Waals surface area contributed by atoms with Crippen molar-refractivity contribution < 1.29 is 9.90 Å². The van der Waals surface area contributed by atoms with E-state index in [0.717, 1.165) is 0 Å². The van der Waals surface area contributed by atoms with Crippen LogP contribution >= 0.6 is 0 Å². The molecule has 0 aliphatic rings. The van der Waals surface area contributed by atoms with Crippen LogP contribution in [-0.4, -0.2) is 22.7 Å². The monoisotopic (exact) mass is 160 g/mol. The summed E-state index contributed by atoms with van der Waals surface area (Å²) in [6.07, 6.45) is 0.785. The van der Waals surface area contributed by atoms with E-state index in [9.17, 15) is 9.90 Å². The number of carbonyl (C=O) groups excluding carboxylic acids is 1. The number of amides is 1. The minimum Gasteiger partial charge on any atom is -0.390 e. The van der Waals surface area contributed by atoms with Gasteiger partial charge in [-0.2, -0.15) is 0 Å². The van der Waals surface area contributed by atoms with Crippen LogP contribution in [0.15, 0.2) is 0 Å². The summed E-state index contributed by atoms with van der Waals surface area (Å²) in [7, 11) is 0. The predicted molar refractivity (Wildman–Crippen MR) is 42.7 cm³/mol. The van der Waals surface area contributed by atoms with Gasteiger partial charge in [0.15, 0.2) is 0 Å². The molecule has 2 unspecified atom stereocenters. The van der Waals surface area contributed by atoms with E-state index in [1.165, 1.54) is 0 Å². The van der Waals surface area contributed by atoms with E-state index in [0.29, 0.717) is 6.42 Å². The van der Waals surface area contributed by atoms with Crippen LogP contribution in [0.4, 0.5) is 0 Å². The van der Waals surface area contributed by atoms with Crippen molar-refractivity contribution in [2.45, 2.75) is 38.3 Å². The molecule has 4 nitrogen and oxygen atoms in total. The number of rotatable bonds is 4. The molecule has 0 saturated heterocycles. The van der Waals surface area contributed by atoms with Crippen LogP contribution in [0.5, 0.6) is 0 Å². The van der Waals surface area contributed by atoms with Crippen molar-refractivity contribution in [3.63, 3.8) is 0 Å². The second-order valence-electron chi connectivity index (χ2n) is 3.06. The van der Waals surface area contributed by atoms with Gasteiger partial charge in [0.2, 0.25) is 5.91 Å². The Labute approximate surface area is 66.6 Å². The molecule has 0 aliphatic carbocycles. The van der Waals surface area contributed by atoms with Gasteiger partial charge in [-0.05, 0) is 19.8 Å². The molecule has 0 spiro atoms. The Balaban J connectivity index is 3.93. The molecule has 0 saturated carbocycles. The molecule has 0 aliphatic heterocycles. The van der Waals surface area contributed by atoms with Crippen molar-refractivity contribution in [1.29, 1.82) is 0 Å². The third-order valence-electron chi connectivity index (χ3n) is 1.79. The lowest BCUT2D eigenvalue weighted by atomic mass is 9.94. The maximum atomic E-state index is 10.5. The average Bonchev–Trinajstić information content (AvgIpc) is 1.87. The number of primary amides is 1. The van der Waals surface area contributed by atoms with Crippen molar-refractivity contribution in [3.05, 3.63) is 0 Å². The van der Waals surface area contributed by atoms with Gasteiger partial charge >= 0.3 is 0 Å². The molecule has 0 aromatic carbocycles. The van der Waals surface area contributed by atoms with Gasteiger partial charge in [0.05, 0.1) is 11.6 Å². The third-order valence-corrected chi connectivity index (χ3v) is 1.79. The Kier molecular flexibility index (Phi) is 3.48. The Morgan fingerprint density at radius 2 is 2.18 bits per heavy atom. The van der Waals surface area contributed by atoms with Crippen molar-refractivity contribution in [2.24, 2.45) is 11.5 Å². The molecule has 5 N–H and O–H groups in total. The zero-order valence-corrected chi connectivity index (χ0v) is 7.00. The summed E-state index contributed by atoms with van der Waals surface area (Å²) in [6.45, 7) is 3.46. The first-order valence-electron chi connectivity index (χ1n) is 3.66. The lowest BCUT2D eigenvalue weighted by Gasteiger charge is -2.23. The second-order valence-corrected chi connectivity index (χ2v) is 3.06. The van der Waals surface area contributed by atoms with Crippen LogP contribution in [0.3, 0.4) is 0 Å². The molecule has 0 aromatic heterocycles. The zero-order valence-electron chi connectivity index (χ0n) is 7.00. The van der Waals surface area contributed by atoms with Crippen molar-refractivity contribution in [3.8, 4) is 0 Å². The molecule has 0 bridgehead atoms. The first kappa shape index (κ1) is 10.4. The highest BCUT2D eigenvalue weighted by Gasteiger charge is 2.23. The molecule has 1 amide bonds. The lowest BCUT2D eigenvalue weighted by molar-refractivity contribution is -0.120. The van der Waals surface area contributed by atoms with E-state index in [2.05, 4.69) is 0 Å². The summed E-state index contributed by atoms with van der Waals surface area (Å²) < 4.78 is 0. The molecule has 0 fully saturated rings. The fourth-order valence-corrected chi connectivity index (χ4v) is 0.719. The molecule has 2 atom stereocenters. The summed E-state index contributed by atoms with van der Waals surface area (Å²) in [5, 5.41) is 9.45. The van der Waals surface area contributed by atoms with Gasteiger partial charge in [-0.3, -0.25) is 4.79 Å². The highest BCUT2D eigenvalue weighted by atomic mass is 16.3. The fraction of sp³-hybridized carbons (Fsp3) is 0.857. The van der Waals surface area contributed by atoms with Crippen LogP contribution in [0.1, 0.15) is 26.7 Å². The standard InChI is InChI=1S/C7H16N2O2/c1-3-7(2,11)4-5(8)6(9)10/h5,11H,3-4,8H2,1-2H3,(H2,9,10). The van der Waals surface area contributed by atoms with Gasteiger partial charge in [0, 0.05) is 0 Å². The fourth-order valence-electron chi connectivity index (χ4n) is 0.719. The van der Waals surface area contributed by atoms with Gasteiger partial charge < -0.3 is 16.6 Å². The van der Waals surface area contributed by atoms with E-state index in [1.54, 1.807) is 6.92 Å². The zero-order chi connectivity index (χ0) is 9.07. The molecule has 4 heteroatoms. The number of carbonyl (C=O) groups is 1. The van der Waals surface area contributed by atoms with Gasteiger partial charge in [0.1, 0.15) is 0 Å². The molecule has 0 rings (SSSR count). The summed E-state index contributed by atoms with van der Waals surface area (Å²) in [6, 6.07) is -0.745. The molecule has 0 aromatic rings. The maximum absolute atomic E-state index is 10.5. The minimum absolute atomic E-state index is 0.221. The van der Waals surface area contributed by atoms with Gasteiger partial charge in [-0.25, -0.2) is 0 Å². The summed E-state index contributed by atoms with van der Waals surface area (Å²) in [5.74, 6) is -0.571. The van der Waals surface area contributed by atoms with E-state index in [-0.39, 0.29) is 6.42 Å². The Bertz CT molecular complexity index is 145. The third kappa shape index (κ3) is 3.95. The molecule has 0 heterocycles. The summed E-state index contributed by atoms with van der Waals surface area (Å²) in [4.78, 5) is 10.5. The maximum Gasteiger partial charge on any atom is 0.234 e. The van der Waals surface area contributed by atoms with Crippen LogP contribution in [0, 0.1) is 0 Å². The van der Waals surface area contributed by atoms with Gasteiger partial charge in [0.25, 0.3) is 0 Å². The highest BCUT2D eigenvalue weighted by molar-refractivity contribution is 5.79. The largest absolute Gasteiger partial charge is 0.390 e. The number of aliphatic hydroxyl groups is 1. The van der Waals surface area contributed by atoms with E-state index in [1.807, 2.05) is 6.92 Å². The van der Waals surface area contributed by atoms with Crippen molar-refractivity contribution >= 4 is 5.91 Å². The minimum atomic E-state index is -0.881. The molecular formula is C7H16N2O2. The van der Waals surface area contributed by atoms with Crippen LogP contribution < -0.4 is 11.5 Å². The van der Waals surface area contributed by atoms with E-state index in [4.69, 9.17) is 11.5 Å². The van der Waals surface area contributed by atoms with Gasteiger partial charge in [-0.15, -0.1) is 0 Å². The van der Waals surface area contributed by atoms with Crippen molar-refractivity contribution in [2.75, 3.05) is 0 Å². The molecular weight excluding hydrogens is 144 g/mol. The summed E-state index contributed by atoms with van der Waals surface area (Å²) >= 11 is 0. The first-order valence-corrected chi connectivity index (χ1v) is 3.66. The van der Waals surface area contributed by atoms with E-state index >= 15 is 0 Å². The Morgan fingerprint density at radius 1 is 1.73 bits per heavy atom. The molecule has 66 valence electrons. The molecule has 11 heavy (non-hydrogen) atoms. The smallest absolute Gasteiger partial charge is 0.234 e. The first-order chi connectivity index (χ1) is 4.89. The molecule has 0 radical (unpaired) electrons. The Morgan fingerprint density at radius 3 is 2.45 bits per heavy atom. The highest BCUT2D eigenvalue weighted by Crippen LogP contribution is 2.14. The quantitative estimate of drug-likeness (QED) is 0.510. The average molecular weight is 160 g/mol. The van der Waals surface area contributed by atoms with Crippen LogP contribution in [0.2, 0.25) is 0 Å². The number of nitrogens with two attached hydrogens (primary N) is 2. The van der Waals surface area contributed by atoms with Gasteiger partial charge in [-0.1, -0.05) is 6.92 Å². The normalized spacial score (nSPS) is 18.9. The predicted octanol–water partition coefficient (Wildman–Crippen LogP) is -0.650. The number of hydrogen-bond donors (Lipinski definition) is 3. The van der Waals surface area contributed by atoms with E-state index < -0.39 is 17.6 Å². The van der Waals surface area contributed by atoms with Crippen molar-refractivity contribution in [1.82, 2.24) is 0 Å². The second kappa shape index (κ2) is 3.69. The van der Waals surface area contributed by atoms with Crippen LogP contribution in [0.25, 0.3) is 0 Å².